The van der Waals surface area contributed by atoms with Gasteiger partial charge < -0.3 is 18.9 Å². The van der Waals surface area contributed by atoms with Crippen molar-refractivity contribution in [2.75, 3.05) is 38.3 Å². The zero-order valence-electron chi connectivity index (χ0n) is 16.8. The van der Waals surface area contributed by atoms with Crippen LogP contribution in [0, 0.1) is 5.82 Å². The van der Waals surface area contributed by atoms with Crippen molar-refractivity contribution in [3.63, 3.8) is 0 Å². The lowest BCUT2D eigenvalue weighted by Crippen LogP contribution is -2.37. The lowest BCUT2D eigenvalue weighted by atomic mass is 10.2. The Morgan fingerprint density at radius 2 is 2.00 bits per heavy atom. The van der Waals surface area contributed by atoms with Gasteiger partial charge in [-0.25, -0.2) is 19.3 Å². The molecule has 7 nitrogen and oxygen atoms in total. The number of fused-ring (bicyclic) bond motifs is 1. The van der Waals surface area contributed by atoms with Crippen molar-refractivity contribution in [2.45, 2.75) is 24.3 Å². The number of methoxy groups -OCH3 is 1. The lowest BCUT2D eigenvalue weighted by molar-refractivity contribution is 0.122. The average molecular weight is 418 g/mol. The van der Waals surface area contributed by atoms with Crippen LogP contribution in [0.1, 0.15) is 18.3 Å². The number of benzene rings is 1. The third-order valence-corrected chi connectivity index (χ3v) is 5.91. The highest BCUT2D eigenvalue weighted by molar-refractivity contribution is 7.98. The molecule has 0 saturated carbocycles. The predicted octanol–water partition coefficient (Wildman–Crippen LogP) is 3.20. The van der Waals surface area contributed by atoms with Gasteiger partial charge in [0.15, 0.2) is 22.1 Å². The fourth-order valence-electron chi connectivity index (χ4n) is 3.36. The second-order valence-corrected chi connectivity index (χ2v) is 7.73. The molecule has 3 heterocycles. The molecule has 0 spiro atoms. The van der Waals surface area contributed by atoms with Crippen LogP contribution >= 0.6 is 11.8 Å². The fourth-order valence-corrected chi connectivity index (χ4v) is 4.18. The maximum Gasteiger partial charge on any atom is 0.191 e. The second-order valence-electron chi connectivity index (χ2n) is 6.79. The molecular formula is C20H24FN5O2S. The zero-order valence-corrected chi connectivity index (χ0v) is 17.6. The number of imidazole rings is 1. The Hall–Kier alpha value is -2.39. The monoisotopic (exact) mass is 417 g/mol. The van der Waals surface area contributed by atoms with Crippen molar-refractivity contribution in [2.24, 2.45) is 7.05 Å². The largest absolute Gasteiger partial charge is 0.497 e. The van der Waals surface area contributed by atoms with Crippen molar-refractivity contribution in [1.29, 1.82) is 0 Å². The normalized spacial score (nSPS) is 14.6. The molecule has 0 amide bonds. The maximum absolute atomic E-state index is 14.3. The molecule has 2 aromatic heterocycles. The summed E-state index contributed by atoms with van der Waals surface area (Å²) in [5.41, 5.74) is 2.20. The number of rotatable bonds is 6. The van der Waals surface area contributed by atoms with Crippen LogP contribution in [0.25, 0.3) is 11.2 Å². The Bertz CT molecular complexity index is 1020. The molecule has 0 unspecified atom stereocenters. The van der Waals surface area contributed by atoms with Gasteiger partial charge in [-0.2, -0.15) is 0 Å². The first kappa shape index (κ1) is 19.9. The highest BCUT2D eigenvalue weighted by atomic mass is 32.2. The van der Waals surface area contributed by atoms with E-state index < -0.39 is 0 Å². The fraction of sp³-hybridized carbons (Fsp3) is 0.450. The van der Waals surface area contributed by atoms with E-state index in [1.807, 2.05) is 11.6 Å². The minimum absolute atomic E-state index is 0.292. The lowest BCUT2D eigenvalue weighted by Gasteiger charge is -2.28. The third-order valence-electron chi connectivity index (χ3n) is 5.02. The topological polar surface area (TPSA) is 65.3 Å². The van der Waals surface area contributed by atoms with E-state index in [-0.39, 0.29) is 5.82 Å². The van der Waals surface area contributed by atoms with Gasteiger partial charge in [0.05, 0.1) is 20.3 Å². The van der Waals surface area contributed by atoms with E-state index in [2.05, 4.69) is 11.8 Å². The predicted molar refractivity (Wildman–Crippen MR) is 111 cm³/mol. The van der Waals surface area contributed by atoms with Crippen LogP contribution in [0.5, 0.6) is 5.75 Å². The van der Waals surface area contributed by atoms with Crippen LogP contribution < -0.4 is 9.64 Å². The minimum atomic E-state index is -0.292. The van der Waals surface area contributed by atoms with Crippen LogP contribution in [0.2, 0.25) is 0 Å². The van der Waals surface area contributed by atoms with Gasteiger partial charge in [-0.15, -0.1) is 0 Å². The van der Waals surface area contributed by atoms with Gasteiger partial charge in [-0.1, -0.05) is 24.8 Å². The summed E-state index contributed by atoms with van der Waals surface area (Å²) in [6.07, 6.45) is 0.814. The number of halogens is 1. The number of ether oxygens (including phenoxy) is 2. The van der Waals surface area contributed by atoms with E-state index in [1.165, 1.54) is 24.9 Å². The number of nitrogens with zero attached hydrogens (tertiary/aromatic N) is 5. The Balaban J connectivity index is 1.67. The van der Waals surface area contributed by atoms with Gasteiger partial charge in [0.25, 0.3) is 0 Å². The summed E-state index contributed by atoms with van der Waals surface area (Å²) < 4.78 is 26.9. The molecule has 29 heavy (non-hydrogen) atoms. The summed E-state index contributed by atoms with van der Waals surface area (Å²) in [4.78, 5) is 16.5. The molecule has 3 aromatic rings. The van der Waals surface area contributed by atoms with E-state index in [0.29, 0.717) is 35.4 Å². The minimum Gasteiger partial charge on any atom is -0.497 e. The number of aryl methyl sites for hydroxylation is 2. The Morgan fingerprint density at radius 3 is 2.69 bits per heavy atom. The molecule has 0 bridgehead atoms. The van der Waals surface area contributed by atoms with E-state index >= 15 is 0 Å². The van der Waals surface area contributed by atoms with Gasteiger partial charge in [0.1, 0.15) is 17.4 Å². The molecule has 154 valence electrons. The summed E-state index contributed by atoms with van der Waals surface area (Å²) in [6, 6.07) is 4.90. The zero-order chi connectivity index (χ0) is 20.4. The van der Waals surface area contributed by atoms with Crippen LogP contribution in [0.3, 0.4) is 0 Å². The molecular weight excluding hydrogens is 393 g/mol. The molecule has 1 fully saturated rings. The first-order valence-electron chi connectivity index (χ1n) is 9.62. The van der Waals surface area contributed by atoms with Crippen molar-refractivity contribution in [3.05, 3.63) is 35.4 Å². The smallest absolute Gasteiger partial charge is 0.191 e. The number of aromatic nitrogens is 4. The van der Waals surface area contributed by atoms with Gasteiger partial charge >= 0.3 is 0 Å². The molecule has 1 saturated heterocycles. The van der Waals surface area contributed by atoms with Crippen molar-refractivity contribution >= 4 is 28.7 Å². The van der Waals surface area contributed by atoms with Crippen molar-refractivity contribution in [1.82, 2.24) is 19.5 Å². The molecule has 1 aliphatic rings. The number of anilines is 1. The highest BCUT2D eigenvalue weighted by Crippen LogP contribution is 2.30. The van der Waals surface area contributed by atoms with Crippen LogP contribution in [0.4, 0.5) is 10.2 Å². The molecule has 0 radical (unpaired) electrons. The molecule has 0 atom stereocenters. The van der Waals surface area contributed by atoms with Crippen LogP contribution in [0.15, 0.2) is 23.4 Å². The summed E-state index contributed by atoms with van der Waals surface area (Å²) in [6.45, 7) is 4.94. The second kappa shape index (κ2) is 8.54. The quantitative estimate of drug-likeness (QED) is 0.451. The van der Waals surface area contributed by atoms with E-state index in [1.54, 1.807) is 12.1 Å². The standard InChI is InChI=1S/C20H24FN5O2S/c1-4-16-22-17-18(25(16)2)23-20(24-19(17)26-7-9-28-10-8-26)29-12-13-5-6-14(27-3)11-15(13)21/h5-6,11H,4,7-10,12H2,1-3H3. The van der Waals surface area contributed by atoms with E-state index in [0.717, 1.165) is 42.3 Å². The van der Waals surface area contributed by atoms with Gasteiger partial charge in [0, 0.05) is 38.4 Å². The molecule has 4 rings (SSSR count). The van der Waals surface area contributed by atoms with Crippen molar-refractivity contribution in [3.8, 4) is 5.75 Å². The Morgan fingerprint density at radius 1 is 1.21 bits per heavy atom. The highest BCUT2D eigenvalue weighted by Gasteiger charge is 2.22. The SMILES string of the molecule is CCc1nc2c(N3CCOCC3)nc(SCc3ccc(OC)cc3F)nc2n1C. The number of hydrogen-bond donors (Lipinski definition) is 0. The van der Waals surface area contributed by atoms with Crippen LogP contribution in [-0.4, -0.2) is 52.9 Å². The van der Waals surface area contributed by atoms with Gasteiger partial charge in [-0.05, 0) is 11.6 Å². The number of hydrogen-bond acceptors (Lipinski definition) is 7. The molecule has 1 aliphatic heterocycles. The van der Waals surface area contributed by atoms with Crippen molar-refractivity contribution < 1.29 is 13.9 Å². The summed E-state index contributed by atoms with van der Waals surface area (Å²) >= 11 is 1.42. The number of morpholine rings is 1. The summed E-state index contributed by atoms with van der Waals surface area (Å²) in [5.74, 6) is 2.44. The third kappa shape index (κ3) is 4.02. The molecule has 0 N–H and O–H groups in total. The first-order valence-corrected chi connectivity index (χ1v) is 10.6. The van der Waals surface area contributed by atoms with Gasteiger partial charge in [-0.3, -0.25) is 0 Å². The van der Waals surface area contributed by atoms with Gasteiger partial charge in [0.2, 0.25) is 0 Å². The Labute approximate surface area is 173 Å². The summed E-state index contributed by atoms with van der Waals surface area (Å²) in [5, 5.41) is 0.611. The van der Waals surface area contributed by atoms with E-state index in [4.69, 9.17) is 24.4 Å². The first-order chi connectivity index (χ1) is 14.1. The molecule has 1 aromatic carbocycles. The number of thioether (sulfide) groups is 1. The van der Waals surface area contributed by atoms with E-state index in [9.17, 15) is 4.39 Å². The average Bonchev–Trinajstić information content (AvgIpc) is 3.08. The summed E-state index contributed by atoms with van der Waals surface area (Å²) in [7, 11) is 3.50. The van der Waals surface area contributed by atoms with Crippen LogP contribution in [-0.2, 0) is 24.0 Å². The maximum atomic E-state index is 14.3. The Kier molecular flexibility index (Phi) is 5.86. The molecule has 9 heteroatoms. The molecule has 0 aliphatic carbocycles.